The van der Waals surface area contributed by atoms with Crippen molar-refractivity contribution >= 4 is 39.4 Å². The molecule has 4 rings (SSSR count). The fourth-order valence-corrected chi connectivity index (χ4v) is 4.70. The minimum Gasteiger partial charge on any atom is -0.396 e. The van der Waals surface area contributed by atoms with Gasteiger partial charge in [-0.1, -0.05) is 47.8 Å². The van der Waals surface area contributed by atoms with Crippen LogP contribution in [0.4, 0.5) is 10.7 Å². The average molecular weight is 413 g/mol. The number of ketones is 1. The first-order chi connectivity index (χ1) is 13.6. The third-order valence-electron chi connectivity index (χ3n) is 4.84. The molecule has 1 aromatic carbocycles. The van der Waals surface area contributed by atoms with E-state index in [-0.39, 0.29) is 16.3 Å². The van der Waals surface area contributed by atoms with E-state index in [1.807, 2.05) is 12.1 Å². The normalized spacial score (nSPS) is 14.1. The fraction of sp³-hybridized carbons (Fsp3) is 0.250. The Labute approximate surface area is 170 Å². The quantitative estimate of drug-likeness (QED) is 0.565. The lowest BCUT2D eigenvalue weighted by Crippen LogP contribution is -2.14. The van der Waals surface area contributed by atoms with Crippen molar-refractivity contribution in [3.8, 4) is 17.3 Å². The Hall–Kier alpha value is -2.82. The minimum atomic E-state index is -0.399. The van der Waals surface area contributed by atoms with E-state index < -0.39 is 5.78 Å². The number of nitrogens with zero attached hydrogens (tertiary/aromatic N) is 2. The second-order valence-electron chi connectivity index (χ2n) is 6.67. The lowest BCUT2D eigenvalue weighted by Gasteiger charge is -2.11. The van der Waals surface area contributed by atoms with Gasteiger partial charge in [0.05, 0.1) is 10.7 Å². The molecule has 3 aromatic rings. The molecule has 0 unspecified atom stereocenters. The third-order valence-corrected chi connectivity index (χ3v) is 6.30. The first-order valence-corrected chi connectivity index (χ1v) is 10.1. The Kier molecular flexibility index (Phi) is 5.07. The van der Waals surface area contributed by atoms with Gasteiger partial charge in [-0.25, -0.2) is 0 Å². The molecule has 8 heteroatoms. The van der Waals surface area contributed by atoms with Crippen LogP contribution in [0.2, 0.25) is 5.02 Å². The maximum atomic E-state index is 12.9. The summed E-state index contributed by atoms with van der Waals surface area (Å²) in [5.74, 6) is -0.343. The minimum absolute atomic E-state index is 0.0553. The van der Waals surface area contributed by atoms with Gasteiger partial charge >= 0.3 is 0 Å². The molecule has 142 valence electrons. The molecule has 2 aromatic heterocycles. The van der Waals surface area contributed by atoms with Crippen molar-refractivity contribution in [1.29, 1.82) is 5.26 Å². The molecular weight excluding hydrogens is 396 g/mol. The number of nitrogens with one attached hydrogen (secondary N) is 1. The van der Waals surface area contributed by atoms with Crippen LogP contribution in [0.3, 0.4) is 0 Å². The average Bonchev–Trinajstić information content (AvgIpc) is 3.43. The maximum Gasteiger partial charge on any atom is 0.243 e. The molecule has 0 bridgehead atoms. The molecule has 3 N–H and O–H groups in total. The smallest absolute Gasteiger partial charge is 0.243 e. The molecule has 6 nitrogen and oxygen atoms in total. The predicted octanol–water partition coefficient (Wildman–Crippen LogP) is 5.10. The summed E-state index contributed by atoms with van der Waals surface area (Å²) < 4.78 is 5.25. The highest BCUT2D eigenvalue weighted by molar-refractivity contribution is 7.19. The first-order valence-electron chi connectivity index (χ1n) is 8.93. The van der Waals surface area contributed by atoms with Crippen molar-refractivity contribution in [2.45, 2.75) is 31.7 Å². The second kappa shape index (κ2) is 7.66. The van der Waals surface area contributed by atoms with Crippen molar-refractivity contribution < 1.29 is 9.32 Å². The topological polar surface area (TPSA) is 105 Å². The lowest BCUT2D eigenvalue weighted by atomic mass is 10.1. The van der Waals surface area contributed by atoms with Crippen molar-refractivity contribution in [3.05, 3.63) is 51.6 Å². The van der Waals surface area contributed by atoms with E-state index in [0.717, 1.165) is 25.7 Å². The largest absolute Gasteiger partial charge is 0.396 e. The number of carbonyl (C=O) groups is 1. The van der Waals surface area contributed by atoms with Gasteiger partial charge in [-0.05, 0) is 18.9 Å². The summed E-state index contributed by atoms with van der Waals surface area (Å²) >= 11 is 7.37. The molecule has 1 fully saturated rings. The van der Waals surface area contributed by atoms with Gasteiger partial charge in [0.25, 0.3) is 0 Å². The Balaban J connectivity index is 1.64. The van der Waals surface area contributed by atoms with Gasteiger partial charge in [-0.3, -0.25) is 4.79 Å². The number of hydrogen-bond donors (Lipinski definition) is 2. The Morgan fingerprint density at radius 3 is 2.82 bits per heavy atom. The number of halogens is 1. The van der Waals surface area contributed by atoms with E-state index in [4.69, 9.17) is 21.9 Å². The highest BCUT2D eigenvalue weighted by atomic mass is 35.5. The summed E-state index contributed by atoms with van der Waals surface area (Å²) in [6.07, 6.45) is 4.43. The molecular formula is C20H17ClN4O2S. The summed E-state index contributed by atoms with van der Waals surface area (Å²) in [5.41, 5.74) is 7.74. The number of nitriles is 1. The molecule has 2 heterocycles. The number of anilines is 2. The van der Waals surface area contributed by atoms with Gasteiger partial charge in [0, 0.05) is 17.7 Å². The van der Waals surface area contributed by atoms with E-state index in [1.165, 1.54) is 11.3 Å². The SMILES string of the molecule is N#Cc1c(NC2CCCC2)sc(C(=O)c2cc(-c3ccccc3Cl)no2)c1N. The van der Waals surface area contributed by atoms with Gasteiger partial charge in [0.1, 0.15) is 27.2 Å². The highest BCUT2D eigenvalue weighted by Crippen LogP contribution is 2.38. The van der Waals surface area contributed by atoms with Crippen LogP contribution in [0.1, 0.15) is 46.7 Å². The van der Waals surface area contributed by atoms with Gasteiger partial charge in [0.2, 0.25) is 11.5 Å². The molecule has 0 amide bonds. The Morgan fingerprint density at radius 2 is 2.11 bits per heavy atom. The summed E-state index contributed by atoms with van der Waals surface area (Å²) in [5, 5.41) is 18.0. The standard InChI is InChI=1S/C20H17ClN4O2S/c21-14-8-4-3-7-12(14)15-9-16(27-25-15)18(26)19-17(23)13(10-22)20(28-19)24-11-5-1-2-6-11/h3-4,7-9,11,24H,1-2,5-6,23H2. The van der Waals surface area contributed by atoms with Crippen molar-refractivity contribution in [3.63, 3.8) is 0 Å². The second-order valence-corrected chi connectivity index (χ2v) is 8.10. The van der Waals surface area contributed by atoms with Crippen molar-refractivity contribution in [1.82, 2.24) is 5.16 Å². The summed E-state index contributed by atoms with van der Waals surface area (Å²) in [4.78, 5) is 13.2. The number of nitrogen functional groups attached to an aromatic ring is 1. The number of carbonyl (C=O) groups excluding carboxylic acids is 1. The fourth-order valence-electron chi connectivity index (χ4n) is 3.37. The predicted molar refractivity (Wildman–Crippen MR) is 110 cm³/mol. The zero-order chi connectivity index (χ0) is 19.7. The van der Waals surface area contributed by atoms with Crippen LogP contribution in [0, 0.1) is 11.3 Å². The molecule has 1 saturated carbocycles. The van der Waals surface area contributed by atoms with E-state index >= 15 is 0 Å². The van der Waals surface area contributed by atoms with Gasteiger partial charge in [0.15, 0.2) is 0 Å². The van der Waals surface area contributed by atoms with Crippen LogP contribution in [0.25, 0.3) is 11.3 Å². The summed E-state index contributed by atoms with van der Waals surface area (Å²) in [6, 6.07) is 11.1. The molecule has 28 heavy (non-hydrogen) atoms. The Morgan fingerprint density at radius 1 is 1.36 bits per heavy atom. The molecule has 0 radical (unpaired) electrons. The monoisotopic (exact) mass is 412 g/mol. The number of rotatable bonds is 5. The van der Waals surface area contributed by atoms with E-state index in [9.17, 15) is 10.1 Å². The first kappa shape index (κ1) is 18.5. The van der Waals surface area contributed by atoms with E-state index in [2.05, 4.69) is 16.5 Å². The van der Waals surface area contributed by atoms with E-state index in [0.29, 0.717) is 32.9 Å². The molecule has 0 spiro atoms. The number of thiophene rings is 1. The third kappa shape index (κ3) is 3.37. The zero-order valence-corrected chi connectivity index (χ0v) is 16.4. The molecule has 0 aliphatic heterocycles. The number of hydrogen-bond acceptors (Lipinski definition) is 7. The van der Waals surface area contributed by atoms with Gasteiger partial charge in [-0.2, -0.15) is 5.26 Å². The van der Waals surface area contributed by atoms with Gasteiger partial charge in [-0.15, -0.1) is 11.3 Å². The van der Waals surface area contributed by atoms with Crippen LogP contribution in [-0.2, 0) is 0 Å². The number of aromatic nitrogens is 1. The van der Waals surface area contributed by atoms with Crippen LogP contribution in [-0.4, -0.2) is 17.0 Å². The van der Waals surface area contributed by atoms with Crippen LogP contribution in [0.5, 0.6) is 0 Å². The molecule has 0 saturated heterocycles. The molecule has 1 aliphatic carbocycles. The number of nitrogens with two attached hydrogens (primary N) is 1. The summed E-state index contributed by atoms with van der Waals surface area (Å²) in [6.45, 7) is 0. The molecule has 1 aliphatic rings. The van der Waals surface area contributed by atoms with Crippen LogP contribution in [0.15, 0.2) is 34.9 Å². The lowest BCUT2D eigenvalue weighted by molar-refractivity contribution is 0.100. The highest BCUT2D eigenvalue weighted by Gasteiger charge is 2.27. The van der Waals surface area contributed by atoms with Gasteiger partial charge < -0.3 is 15.6 Å². The van der Waals surface area contributed by atoms with Crippen molar-refractivity contribution in [2.24, 2.45) is 0 Å². The summed E-state index contributed by atoms with van der Waals surface area (Å²) in [7, 11) is 0. The number of benzene rings is 1. The molecule has 0 atom stereocenters. The van der Waals surface area contributed by atoms with E-state index in [1.54, 1.807) is 18.2 Å². The van der Waals surface area contributed by atoms with Crippen molar-refractivity contribution in [2.75, 3.05) is 11.1 Å². The van der Waals surface area contributed by atoms with Crippen LogP contribution >= 0.6 is 22.9 Å². The van der Waals surface area contributed by atoms with Crippen LogP contribution < -0.4 is 11.1 Å². The zero-order valence-electron chi connectivity index (χ0n) is 14.9. The Bertz CT molecular complexity index is 1080. The maximum absolute atomic E-state index is 12.9.